The smallest absolute Gasteiger partial charge is 0.255 e. The molecule has 0 saturated heterocycles. The van der Waals surface area contributed by atoms with Crippen molar-refractivity contribution in [3.8, 4) is 0 Å². The highest BCUT2D eigenvalue weighted by molar-refractivity contribution is 5.87. The topological polar surface area (TPSA) is 84.2 Å². The van der Waals surface area contributed by atoms with Crippen LogP contribution in [0.1, 0.15) is 13.8 Å². The molecule has 7 heteroatoms. The van der Waals surface area contributed by atoms with E-state index in [-0.39, 0.29) is 12.5 Å². The zero-order valence-corrected chi connectivity index (χ0v) is 9.30. The quantitative estimate of drug-likeness (QED) is 0.580. The number of hydrogen-bond donors (Lipinski definition) is 3. The summed E-state index contributed by atoms with van der Waals surface area (Å²) in [6, 6.07) is -0.706. The fourth-order valence-corrected chi connectivity index (χ4v) is 0.841. The summed E-state index contributed by atoms with van der Waals surface area (Å²) >= 11 is 0. The minimum absolute atomic E-state index is 0.0517. The molecule has 0 heterocycles. The van der Waals surface area contributed by atoms with E-state index in [1.807, 2.05) is 5.32 Å². The van der Waals surface area contributed by atoms with Crippen LogP contribution in [0.15, 0.2) is 0 Å². The molecule has 1 atom stereocenters. The molecule has 0 aromatic carbocycles. The van der Waals surface area contributed by atoms with Gasteiger partial charge in [-0.3, -0.25) is 9.59 Å². The molecule has 2 amide bonds. The van der Waals surface area contributed by atoms with E-state index >= 15 is 0 Å². The molecular formula is C9H17F2N3O2. The molecule has 94 valence electrons. The third kappa shape index (κ3) is 6.28. The average Bonchev–Trinajstić information content (AvgIpc) is 2.21. The number of rotatable bonds is 6. The van der Waals surface area contributed by atoms with Crippen molar-refractivity contribution in [3.05, 3.63) is 0 Å². The number of amides is 2. The summed E-state index contributed by atoms with van der Waals surface area (Å²) < 4.78 is 23.4. The van der Waals surface area contributed by atoms with Crippen LogP contribution in [0.4, 0.5) is 8.78 Å². The van der Waals surface area contributed by atoms with Gasteiger partial charge in [0.05, 0.1) is 19.1 Å². The molecule has 0 aliphatic carbocycles. The van der Waals surface area contributed by atoms with E-state index < -0.39 is 30.8 Å². The largest absolute Gasteiger partial charge is 0.349 e. The molecular weight excluding hydrogens is 220 g/mol. The Kier molecular flexibility index (Phi) is 6.55. The lowest BCUT2D eigenvalue weighted by Crippen LogP contribution is -2.47. The molecule has 5 nitrogen and oxygen atoms in total. The highest BCUT2D eigenvalue weighted by Crippen LogP contribution is 1.97. The highest BCUT2D eigenvalue weighted by atomic mass is 19.3. The number of carbonyl (C=O) groups excluding carboxylic acids is 2. The van der Waals surface area contributed by atoms with Gasteiger partial charge in [-0.15, -0.1) is 0 Å². The van der Waals surface area contributed by atoms with Gasteiger partial charge in [0.25, 0.3) is 6.43 Å². The van der Waals surface area contributed by atoms with Crippen molar-refractivity contribution in [2.75, 3.05) is 13.1 Å². The van der Waals surface area contributed by atoms with Gasteiger partial charge in [0.1, 0.15) is 0 Å². The second-order valence-corrected chi connectivity index (χ2v) is 3.68. The SMILES string of the molecule is CC(C)[C@H](N)C(=O)NCC(=O)NCC(F)F. The number of carbonyl (C=O) groups is 2. The first-order chi connectivity index (χ1) is 7.34. The number of nitrogens with one attached hydrogen (secondary N) is 2. The summed E-state index contributed by atoms with van der Waals surface area (Å²) in [7, 11) is 0. The first-order valence-corrected chi connectivity index (χ1v) is 4.92. The Morgan fingerprint density at radius 1 is 1.25 bits per heavy atom. The van der Waals surface area contributed by atoms with E-state index in [0.29, 0.717) is 0 Å². The van der Waals surface area contributed by atoms with Gasteiger partial charge in [-0.2, -0.15) is 0 Å². The van der Waals surface area contributed by atoms with Crippen molar-refractivity contribution < 1.29 is 18.4 Å². The molecule has 4 N–H and O–H groups in total. The zero-order chi connectivity index (χ0) is 12.7. The molecule has 0 fully saturated rings. The predicted octanol–water partition coefficient (Wildman–Crippen LogP) is -0.533. The Labute approximate surface area is 92.8 Å². The fourth-order valence-electron chi connectivity index (χ4n) is 0.841. The van der Waals surface area contributed by atoms with Crippen LogP contribution in [-0.2, 0) is 9.59 Å². The van der Waals surface area contributed by atoms with Crippen molar-refractivity contribution >= 4 is 11.8 Å². The van der Waals surface area contributed by atoms with E-state index in [9.17, 15) is 18.4 Å². The normalized spacial score (nSPS) is 12.7. The summed E-state index contributed by atoms with van der Waals surface area (Å²) in [5.74, 6) is -1.18. The maximum absolute atomic E-state index is 11.7. The Morgan fingerprint density at radius 2 is 1.81 bits per heavy atom. The molecule has 0 unspecified atom stereocenters. The molecule has 0 aliphatic rings. The Balaban J connectivity index is 3.79. The van der Waals surface area contributed by atoms with Crippen molar-refractivity contribution in [2.45, 2.75) is 26.3 Å². The Hall–Kier alpha value is -1.24. The first kappa shape index (κ1) is 14.8. The van der Waals surface area contributed by atoms with Gasteiger partial charge in [-0.05, 0) is 5.92 Å². The second-order valence-electron chi connectivity index (χ2n) is 3.68. The van der Waals surface area contributed by atoms with Crippen molar-refractivity contribution in [3.63, 3.8) is 0 Å². The van der Waals surface area contributed by atoms with Crippen LogP contribution in [0, 0.1) is 5.92 Å². The molecule has 0 spiro atoms. The lowest BCUT2D eigenvalue weighted by atomic mass is 10.1. The molecule has 0 saturated carbocycles. The molecule has 0 radical (unpaired) electrons. The predicted molar refractivity (Wildman–Crippen MR) is 54.8 cm³/mol. The summed E-state index contributed by atoms with van der Waals surface area (Å²) in [5, 5.41) is 4.23. The monoisotopic (exact) mass is 237 g/mol. The van der Waals surface area contributed by atoms with Gasteiger partial charge < -0.3 is 16.4 Å². The number of nitrogens with two attached hydrogens (primary N) is 1. The Morgan fingerprint density at radius 3 is 2.25 bits per heavy atom. The zero-order valence-electron chi connectivity index (χ0n) is 9.30. The fraction of sp³-hybridized carbons (Fsp3) is 0.778. The number of halogens is 2. The maximum Gasteiger partial charge on any atom is 0.255 e. The van der Waals surface area contributed by atoms with Crippen LogP contribution in [0.25, 0.3) is 0 Å². The number of alkyl halides is 2. The van der Waals surface area contributed by atoms with Crippen molar-refractivity contribution in [1.82, 2.24) is 10.6 Å². The number of hydrogen-bond acceptors (Lipinski definition) is 3. The van der Waals surface area contributed by atoms with Gasteiger partial charge >= 0.3 is 0 Å². The third-order valence-corrected chi connectivity index (χ3v) is 1.90. The Bertz CT molecular complexity index is 247. The van der Waals surface area contributed by atoms with Gasteiger partial charge in [-0.25, -0.2) is 8.78 Å². The van der Waals surface area contributed by atoms with Crippen LogP contribution < -0.4 is 16.4 Å². The maximum atomic E-state index is 11.7. The van der Waals surface area contributed by atoms with Crippen molar-refractivity contribution in [1.29, 1.82) is 0 Å². The van der Waals surface area contributed by atoms with E-state index in [1.165, 1.54) is 0 Å². The summed E-state index contributed by atoms with van der Waals surface area (Å²) in [5.41, 5.74) is 5.50. The standard InChI is InChI=1S/C9H17F2N3O2/c1-5(2)8(12)9(16)14-4-7(15)13-3-6(10)11/h5-6,8H,3-4,12H2,1-2H3,(H,13,15)(H,14,16)/t8-/m0/s1. The van der Waals surface area contributed by atoms with E-state index in [0.717, 1.165) is 0 Å². The van der Waals surface area contributed by atoms with Gasteiger partial charge in [0, 0.05) is 0 Å². The van der Waals surface area contributed by atoms with Crippen LogP contribution in [0.3, 0.4) is 0 Å². The summed E-state index contributed by atoms with van der Waals surface area (Å²) in [6.07, 6.45) is -2.60. The average molecular weight is 237 g/mol. The molecule has 0 aromatic heterocycles. The van der Waals surface area contributed by atoms with Gasteiger partial charge in [0.2, 0.25) is 11.8 Å². The van der Waals surface area contributed by atoms with E-state index in [4.69, 9.17) is 5.73 Å². The molecule has 0 aliphatic heterocycles. The molecule has 0 bridgehead atoms. The van der Waals surface area contributed by atoms with Gasteiger partial charge in [-0.1, -0.05) is 13.8 Å². The van der Waals surface area contributed by atoms with Crippen molar-refractivity contribution in [2.24, 2.45) is 11.7 Å². The van der Waals surface area contributed by atoms with E-state index in [1.54, 1.807) is 13.8 Å². The lowest BCUT2D eigenvalue weighted by molar-refractivity contribution is -0.127. The van der Waals surface area contributed by atoms with Crippen LogP contribution >= 0.6 is 0 Å². The lowest BCUT2D eigenvalue weighted by Gasteiger charge is -2.15. The molecule has 0 aromatic rings. The van der Waals surface area contributed by atoms with Crippen LogP contribution in [0.5, 0.6) is 0 Å². The van der Waals surface area contributed by atoms with Gasteiger partial charge in [0.15, 0.2) is 0 Å². The minimum Gasteiger partial charge on any atom is -0.349 e. The third-order valence-electron chi connectivity index (χ3n) is 1.90. The highest BCUT2D eigenvalue weighted by Gasteiger charge is 2.17. The first-order valence-electron chi connectivity index (χ1n) is 4.92. The van der Waals surface area contributed by atoms with Crippen LogP contribution in [-0.4, -0.2) is 37.4 Å². The van der Waals surface area contributed by atoms with E-state index in [2.05, 4.69) is 5.32 Å². The molecule has 16 heavy (non-hydrogen) atoms. The second kappa shape index (κ2) is 7.10. The summed E-state index contributed by atoms with van der Waals surface area (Å²) in [6.45, 7) is 2.47. The molecule has 0 rings (SSSR count). The minimum atomic E-state index is -2.60. The van der Waals surface area contributed by atoms with Crippen LogP contribution in [0.2, 0.25) is 0 Å². The summed E-state index contributed by atoms with van der Waals surface area (Å²) in [4.78, 5) is 22.2.